The van der Waals surface area contributed by atoms with Crippen LogP contribution in [0.3, 0.4) is 0 Å². The second kappa shape index (κ2) is 8.70. The van der Waals surface area contributed by atoms with E-state index in [2.05, 4.69) is 0 Å². The average Bonchev–Trinajstić information content (AvgIpc) is 3.11. The van der Waals surface area contributed by atoms with E-state index in [1.165, 1.54) is 0 Å². The molecular weight excluding hydrogens is 374 g/mol. The first-order valence-corrected chi connectivity index (χ1v) is 9.90. The lowest BCUT2D eigenvalue weighted by molar-refractivity contribution is -0.113. The Bertz CT molecular complexity index is 1100. The molecule has 150 valence electrons. The summed E-state index contributed by atoms with van der Waals surface area (Å²) in [5.41, 5.74) is 4.16. The van der Waals surface area contributed by atoms with Crippen molar-refractivity contribution in [2.24, 2.45) is 0 Å². The number of benzene rings is 3. The van der Waals surface area contributed by atoms with E-state index >= 15 is 0 Å². The number of hydrogen-bond acceptors (Lipinski definition) is 3. The Labute approximate surface area is 176 Å². The highest BCUT2D eigenvalue weighted by Crippen LogP contribution is 2.36. The maximum absolute atomic E-state index is 13.4. The summed E-state index contributed by atoms with van der Waals surface area (Å²) in [6.45, 7) is 2.51. The number of carbonyl (C=O) groups excluding carboxylic acids is 1. The molecule has 3 aromatic rings. The third-order valence-electron chi connectivity index (χ3n) is 4.88. The molecule has 0 N–H and O–H groups in total. The largest absolute Gasteiger partial charge is 0.497 e. The van der Waals surface area contributed by atoms with E-state index in [4.69, 9.17) is 9.47 Å². The Morgan fingerprint density at radius 1 is 0.900 bits per heavy atom. The first-order chi connectivity index (χ1) is 14.7. The van der Waals surface area contributed by atoms with Gasteiger partial charge in [0.05, 0.1) is 25.1 Å². The second-order valence-corrected chi connectivity index (χ2v) is 6.84. The summed E-state index contributed by atoms with van der Waals surface area (Å²) in [4.78, 5) is 15.2. The predicted octanol–water partition coefficient (Wildman–Crippen LogP) is 5.57. The molecule has 0 spiro atoms. The van der Waals surface area contributed by atoms with Crippen molar-refractivity contribution >= 4 is 23.4 Å². The van der Waals surface area contributed by atoms with Crippen molar-refractivity contribution in [1.82, 2.24) is 0 Å². The molecule has 1 aliphatic heterocycles. The van der Waals surface area contributed by atoms with E-state index in [1.807, 2.05) is 97.9 Å². The summed E-state index contributed by atoms with van der Waals surface area (Å²) in [6.07, 6.45) is 3.84. The lowest BCUT2D eigenvalue weighted by atomic mass is 10.1. The van der Waals surface area contributed by atoms with Crippen LogP contribution in [-0.2, 0) is 4.79 Å². The Hall–Kier alpha value is -3.79. The summed E-state index contributed by atoms with van der Waals surface area (Å²) >= 11 is 0. The highest BCUT2D eigenvalue weighted by molar-refractivity contribution is 6.23. The van der Waals surface area contributed by atoms with E-state index in [-0.39, 0.29) is 5.91 Å². The van der Waals surface area contributed by atoms with Crippen molar-refractivity contribution in [3.8, 4) is 11.5 Å². The van der Waals surface area contributed by atoms with E-state index in [1.54, 1.807) is 12.0 Å². The standard InChI is InChI=1S/C26H23NO3/c1-3-30-24-11-7-10-22(18-24)27-25(20-8-5-4-6-9-20)17-21(26(27)28)16-19-12-14-23(29-2)15-13-19/h4-18H,3H2,1-2H3/b21-16+. The van der Waals surface area contributed by atoms with Crippen molar-refractivity contribution < 1.29 is 14.3 Å². The number of amides is 1. The van der Waals surface area contributed by atoms with Gasteiger partial charge in [-0.15, -0.1) is 0 Å². The molecule has 1 amide bonds. The minimum Gasteiger partial charge on any atom is -0.497 e. The van der Waals surface area contributed by atoms with Gasteiger partial charge in [0, 0.05) is 11.6 Å². The normalized spacial score (nSPS) is 14.7. The monoisotopic (exact) mass is 397 g/mol. The van der Waals surface area contributed by atoms with Gasteiger partial charge in [0.15, 0.2) is 0 Å². The molecule has 0 radical (unpaired) electrons. The van der Waals surface area contributed by atoms with Crippen LogP contribution >= 0.6 is 0 Å². The smallest absolute Gasteiger partial charge is 0.262 e. The third kappa shape index (κ3) is 3.98. The van der Waals surface area contributed by atoms with Gasteiger partial charge in [-0.05, 0) is 54.5 Å². The zero-order valence-corrected chi connectivity index (χ0v) is 17.0. The quantitative estimate of drug-likeness (QED) is 0.511. The van der Waals surface area contributed by atoms with E-state index in [0.717, 1.165) is 34.0 Å². The molecule has 0 unspecified atom stereocenters. The first kappa shape index (κ1) is 19.5. The van der Waals surface area contributed by atoms with Gasteiger partial charge in [0.25, 0.3) is 5.91 Å². The molecule has 4 nitrogen and oxygen atoms in total. The first-order valence-electron chi connectivity index (χ1n) is 9.90. The van der Waals surface area contributed by atoms with Gasteiger partial charge < -0.3 is 9.47 Å². The molecule has 0 fully saturated rings. The number of ether oxygens (including phenoxy) is 2. The molecule has 1 aliphatic rings. The number of anilines is 1. The van der Waals surface area contributed by atoms with Crippen molar-refractivity contribution in [3.05, 3.63) is 102 Å². The zero-order valence-electron chi connectivity index (χ0n) is 17.0. The van der Waals surface area contributed by atoms with Crippen molar-refractivity contribution in [3.63, 3.8) is 0 Å². The summed E-state index contributed by atoms with van der Waals surface area (Å²) in [6, 6.07) is 25.2. The third-order valence-corrected chi connectivity index (χ3v) is 4.88. The SMILES string of the molecule is CCOc1cccc(N2C(=O)/C(=C/c3ccc(OC)cc3)C=C2c2ccccc2)c1. The molecule has 1 heterocycles. The lowest BCUT2D eigenvalue weighted by Gasteiger charge is -2.21. The predicted molar refractivity (Wildman–Crippen MR) is 120 cm³/mol. The van der Waals surface area contributed by atoms with E-state index in [0.29, 0.717) is 12.2 Å². The Balaban J connectivity index is 1.77. The molecular formula is C26H23NO3. The van der Waals surface area contributed by atoms with Gasteiger partial charge in [0.1, 0.15) is 11.5 Å². The van der Waals surface area contributed by atoms with Crippen LogP contribution in [0, 0.1) is 0 Å². The number of rotatable bonds is 6. The van der Waals surface area contributed by atoms with Crippen molar-refractivity contribution in [2.45, 2.75) is 6.92 Å². The Kier molecular flexibility index (Phi) is 5.66. The molecule has 30 heavy (non-hydrogen) atoms. The van der Waals surface area contributed by atoms with Gasteiger partial charge >= 0.3 is 0 Å². The summed E-state index contributed by atoms with van der Waals surface area (Å²) in [5.74, 6) is 1.45. The summed E-state index contributed by atoms with van der Waals surface area (Å²) in [7, 11) is 1.64. The maximum Gasteiger partial charge on any atom is 0.262 e. The molecule has 0 aliphatic carbocycles. The molecule has 0 atom stereocenters. The van der Waals surface area contributed by atoms with Crippen LogP contribution in [0.25, 0.3) is 11.8 Å². The molecule has 0 saturated carbocycles. The molecule has 0 saturated heterocycles. The number of methoxy groups -OCH3 is 1. The highest BCUT2D eigenvalue weighted by Gasteiger charge is 2.30. The highest BCUT2D eigenvalue weighted by atomic mass is 16.5. The van der Waals surface area contributed by atoms with Crippen molar-refractivity contribution in [2.75, 3.05) is 18.6 Å². The van der Waals surface area contributed by atoms with E-state index < -0.39 is 0 Å². The molecule has 4 rings (SSSR count). The summed E-state index contributed by atoms with van der Waals surface area (Å²) < 4.78 is 10.9. The van der Waals surface area contributed by atoms with Crippen LogP contribution in [0.1, 0.15) is 18.1 Å². The minimum absolute atomic E-state index is 0.0710. The van der Waals surface area contributed by atoms with Gasteiger partial charge in [-0.25, -0.2) is 0 Å². The summed E-state index contributed by atoms with van der Waals surface area (Å²) in [5, 5.41) is 0. The number of hydrogen-bond donors (Lipinski definition) is 0. The molecule has 0 bridgehead atoms. The maximum atomic E-state index is 13.4. The van der Waals surface area contributed by atoms with Gasteiger partial charge in [-0.2, -0.15) is 0 Å². The fraction of sp³-hybridized carbons (Fsp3) is 0.115. The molecule has 4 heteroatoms. The van der Waals surface area contributed by atoms with Crippen LogP contribution < -0.4 is 14.4 Å². The van der Waals surface area contributed by atoms with Gasteiger partial charge in [-0.1, -0.05) is 48.5 Å². The van der Waals surface area contributed by atoms with Gasteiger partial charge in [0.2, 0.25) is 0 Å². The molecule has 0 aromatic heterocycles. The zero-order chi connectivity index (χ0) is 20.9. The van der Waals surface area contributed by atoms with Crippen LogP contribution in [0.15, 0.2) is 90.5 Å². The fourth-order valence-corrected chi connectivity index (χ4v) is 3.45. The van der Waals surface area contributed by atoms with Crippen LogP contribution in [0.2, 0.25) is 0 Å². The van der Waals surface area contributed by atoms with Gasteiger partial charge in [-0.3, -0.25) is 9.69 Å². The van der Waals surface area contributed by atoms with Crippen LogP contribution in [0.5, 0.6) is 11.5 Å². The van der Waals surface area contributed by atoms with Crippen LogP contribution in [-0.4, -0.2) is 19.6 Å². The Morgan fingerprint density at radius 2 is 1.67 bits per heavy atom. The minimum atomic E-state index is -0.0710. The molecule has 3 aromatic carbocycles. The number of nitrogens with zero attached hydrogens (tertiary/aromatic N) is 1. The van der Waals surface area contributed by atoms with E-state index in [9.17, 15) is 4.79 Å². The number of carbonyl (C=O) groups is 1. The van der Waals surface area contributed by atoms with Crippen molar-refractivity contribution in [1.29, 1.82) is 0 Å². The second-order valence-electron chi connectivity index (χ2n) is 6.84. The topological polar surface area (TPSA) is 38.8 Å². The lowest BCUT2D eigenvalue weighted by Crippen LogP contribution is -2.25. The van der Waals surface area contributed by atoms with Crippen LogP contribution in [0.4, 0.5) is 5.69 Å². The average molecular weight is 397 g/mol. The Morgan fingerprint density at radius 3 is 2.37 bits per heavy atom. The fourth-order valence-electron chi connectivity index (χ4n) is 3.45.